The number of halogens is 3. The molecule has 0 aromatic rings. The lowest BCUT2D eigenvalue weighted by Gasteiger charge is -2.35. The van der Waals surface area contributed by atoms with Crippen LogP contribution < -0.4 is 5.32 Å². The largest absolute Gasteiger partial charge is 0.480 e. The van der Waals surface area contributed by atoms with Crippen molar-refractivity contribution in [3.8, 4) is 0 Å². The van der Waals surface area contributed by atoms with E-state index in [4.69, 9.17) is 5.11 Å². The molecule has 0 saturated carbocycles. The molecule has 1 saturated heterocycles. The topological polar surface area (TPSA) is 69.6 Å². The molecule has 5 nitrogen and oxygen atoms in total. The number of carbonyl (C=O) groups is 2. The Hall–Kier alpha value is -1.31. The quantitative estimate of drug-likeness (QED) is 0.802. The predicted molar refractivity (Wildman–Crippen MR) is 60.5 cm³/mol. The van der Waals surface area contributed by atoms with Crippen LogP contribution in [0.15, 0.2) is 0 Å². The van der Waals surface area contributed by atoms with Crippen LogP contribution in [0.25, 0.3) is 0 Å². The Kier molecular flexibility index (Phi) is 4.44. The summed E-state index contributed by atoms with van der Waals surface area (Å²) in [6, 6.07) is -1.24. The molecule has 19 heavy (non-hydrogen) atoms. The van der Waals surface area contributed by atoms with Crippen molar-refractivity contribution in [1.82, 2.24) is 10.2 Å². The molecule has 1 aliphatic rings. The van der Waals surface area contributed by atoms with Crippen molar-refractivity contribution >= 4 is 11.9 Å². The van der Waals surface area contributed by atoms with Gasteiger partial charge < -0.3 is 15.3 Å². The molecule has 2 atom stereocenters. The maximum absolute atomic E-state index is 13.2. The van der Waals surface area contributed by atoms with Crippen LogP contribution in [0.1, 0.15) is 19.8 Å². The molecule has 1 amide bonds. The highest BCUT2D eigenvalue weighted by Crippen LogP contribution is 2.44. The van der Waals surface area contributed by atoms with E-state index in [-0.39, 0.29) is 19.4 Å². The van der Waals surface area contributed by atoms with Gasteiger partial charge >= 0.3 is 12.1 Å². The molecule has 0 aromatic heterocycles. The normalized spacial score (nSPS) is 25.1. The number of likely N-dealkylation sites (N-methyl/N-ethyl adjacent to an activating group) is 1. The number of hydrogen-bond acceptors (Lipinski definition) is 3. The number of carboxylic acids is 1. The maximum atomic E-state index is 13.2. The molecule has 0 aromatic carbocycles. The van der Waals surface area contributed by atoms with Crippen LogP contribution in [0.2, 0.25) is 0 Å². The van der Waals surface area contributed by atoms with Gasteiger partial charge in [0.2, 0.25) is 5.91 Å². The number of aliphatic carboxylic acids is 1. The van der Waals surface area contributed by atoms with E-state index in [0.717, 1.165) is 7.05 Å². The molecule has 1 aliphatic heterocycles. The highest BCUT2D eigenvalue weighted by molar-refractivity contribution is 5.88. The van der Waals surface area contributed by atoms with Crippen LogP contribution in [-0.4, -0.2) is 54.2 Å². The van der Waals surface area contributed by atoms with E-state index in [1.165, 1.54) is 6.92 Å². The summed E-state index contributed by atoms with van der Waals surface area (Å²) in [7, 11) is 1.11. The summed E-state index contributed by atoms with van der Waals surface area (Å²) in [6.45, 7) is 1.09. The number of nitrogens with zero attached hydrogens (tertiary/aromatic N) is 1. The van der Waals surface area contributed by atoms with Crippen molar-refractivity contribution in [2.45, 2.75) is 32.0 Å². The number of rotatable bonds is 4. The van der Waals surface area contributed by atoms with Crippen molar-refractivity contribution in [1.29, 1.82) is 0 Å². The fraction of sp³-hybridized carbons (Fsp3) is 0.818. The monoisotopic (exact) mass is 282 g/mol. The molecule has 1 heterocycles. The first kappa shape index (κ1) is 15.7. The average molecular weight is 282 g/mol. The third-order valence-corrected chi connectivity index (χ3v) is 3.57. The third kappa shape index (κ3) is 2.68. The first-order valence-electron chi connectivity index (χ1n) is 5.95. The van der Waals surface area contributed by atoms with E-state index in [1.807, 2.05) is 0 Å². The van der Waals surface area contributed by atoms with E-state index < -0.39 is 36.1 Å². The minimum atomic E-state index is -4.70. The molecular formula is C11H17F3N2O3. The fourth-order valence-electron chi connectivity index (χ4n) is 2.33. The van der Waals surface area contributed by atoms with Crippen LogP contribution in [0.5, 0.6) is 0 Å². The van der Waals surface area contributed by atoms with E-state index in [0.29, 0.717) is 4.90 Å². The van der Waals surface area contributed by atoms with E-state index in [2.05, 4.69) is 5.32 Å². The van der Waals surface area contributed by atoms with Crippen molar-refractivity contribution in [2.24, 2.45) is 5.41 Å². The summed E-state index contributed by atoms with van der Waals surface area (Å²) in [5.41, 5.74) is -2.51. The van der Waals surface area contributed by atoms with Crippen molar-refractivity contribution < 1.29 is 27.9 Å². The van der Waals surface area contributed by atoms with Gasteiger partial charge in [-0.2, -0.15) is 13.2 Å². The number of amides is 1. The molecular weight excluding hydrogens is 265 g/mol. The van der Waals surface area contributed by atoms with Crippen LogP contribution in [0, 0.1) is 5.41 Å². The van der Waals surface area contributed by atoms with Gasteiger partial charge in [-0.05, 0) is 19.4 Å². The zero-order valence-electron chi connectivity index (χ0n) is 10.8. The lowest BCUT2D eigenvalue weighted by atomic mass is 9.84. The van der Waals surface area contributed by atoms with Gasteiger partial charge in [0.25, 0.3) is 0 Å². The summed E-state index contributed by atoms with van der Waals surface area (Å²) in [5, 5.41) is 11.5. The molecule has 2 unspecified atom stereocenters. The van der Waals surface area contributed by atoms with Crippen molar-refractivity contribution in [2.75, 3.05) is 20.1 Å². The molecule has 1 rings (SSSR count). The zero-order valence-corrected chi connectivity index (χ0v) is 10.8. The zero-order chi connectivity index (χ0) is 14.8. The second-order valence-corrected chi connectivity index (χ2v) is 4.68. The van der Waals surface area contributed by atoms with Crippen LogP contribution >= 0.6 is 0 Å². The fourth-order valence-corrected chi connectivity index (χ4v) is 2.33. The molecule has 2 N–H and O–H groups in total. The lowest BCUT2D eigenvalue weighted by molar-refractivity contribution is -0.222. The van der Waals surface area contributed by atoms with E-state index in [1.54, 1.807) is 0 Å². The summed E-state index contributed by atoms with van der Waals surface area (Å²) in [5.74, 6) is -2.49. The Morgan fingerprint density at radius 3 is 2.37 bits per heavy atom. The predicted octanol–water partition coefficient (Wildman–Crippen LogP) is 0.850. The lowest BCUT2D eigenvalue weighted by Crippen LogP contribution is -2.56. The van der Waals surface area contributed by atoms with Crippen molar-refractivity contribution in [3.63, 3.8) is 0 Å². The average Bonchev–Trinajstić information content (AvgIpc) is 2.77. The summed E-state index contributed by atoms with van der Waals surface area (Å²) in [6.07, 6.45) is -5.01. The first-order chi connectivity index (χ1) is 8.67. The van der Waals surface area contributed by atoms with Gasteiger partial charge in [0.1, 0.15) is 6.04 Å². The number of carbonyl (C=O) groups excluding carboxylic acids is 1. The Labute approximate surface area is 108 Å². The molecule has 1 fully saturated rings. The molecule has 0 bridgehead atoms. The second kappa shape index (κ2) is 5.36. The van der Waals surface area contributed by atoms with Crippen molar-refractivity contribution in [3.05, 3.63) is 0 Å². The van der Waals surface area contributed by atoms with Crippen LogP contribution in [-0.2, 0) is 9.59 Å². The van der Waals surface area contributed by atoms with E-state index in [9.17, 15) is 22.8 Å². The van der Waals surface area contributed by atoms with Gasteiger partial charge in [0.05, 0.1) is 0 Å². The molecule has 110 valence electrons. The van der Waals surface area contributed by atoms with Gasteiger partial charge in [-0.25, -0.2) is 4.79 Å². The SMILES string of the molecule is CCC(C(=O)O)N(C)C(=O)C1(C(F)(F)F)CCNC1. The Balaban J connectivity index is 3.05. The highest BCUT2D eigenvalue weighted by Gasteiger charge is 2.62. The molecule has 0 radical (unpaired) electrons. The number of hydrogen-bond donors (Lipinski definition) is 2. The van der Waals surface area contributed by atoms with Crippen LogP contribution in [0.3, 0.4) is 0 Å². The Morgan fingerprint density at radius 2 is 2.05 bits per heavy atom. The summed E-state index contributed by atoms with van der Waals surface area (Å²) < 4.78 is 39.5. The summed E-state index contributed by atoms with van der Waals surface area (Å²) >= 11 is 0. The third-order valence-electron chi connectivity index (χ3n) is 3.57. The number of nitrogens with one attached hydrogen (secondary N) is 1. The number of carboxylic acid groups (broad SMARTS) is 1. The molecule has 8 heteroatoms. The second-order valence-electron chi connectivity index (χ2n) is 4.68. The van der Waals surface area contributed by atoms with Gasteiger partial charge in [-0.3, -0.25) is 4.79 Å². The Bertz CT molecular complexity index is 365. The van der Waals surface area contributed by atoms with Gasteiger partial charge in [0.15, 0.2) is 5.41 Å². The minimum absolute atomic E-state index is 0.0545. The highest BCUT2D eigenvalue weighted by atomic mass is 19.4. The standard InChI is InChI=1S/C11H17F3N2O3/c1-3-7(8(17)18)16(2)9(19)10(11(12,13)14)4-5-15-6-10/h7,15H,3-6H2,1-2H3,(H,17,18). The molecule has 0 aliphatic carbocycles. The summed E-state index contributed by atoms with van der Waals surface area (Å²) in [4.78, 5) is 23.8. The Morgan fingerprint density at radius 1 is 1.47 bits per heavy atom. The van der Waals surface area contributed by atoms with Gasteiger partial charge in [0, 0.05) is 13.6 Å². The minimum Gasteiger partial charge on any atom is -0.480 e. The smallest absolute Gasteiger partial charge is 0.404 e. The van der Waals surface area contributed by atoms with Gasteiger partial charge in [-0.1, -0.05) is 6.92 Å². The van der Waals surface area contributed by atoms with Crippen LogP contribution in [0.4, 0.5) is 13.2 Å². The van der Waals surface area contributed by atoms with E-state index >= 15 is 0 Å². The molecule has 0 spiro atoms. The number of alkyl halides is 3. The maximum Gasteiger partial charge on any atom is 0.404 e. The van der Waals surface area contributed by atoms with Gasteiger partial charge in [-0.15, -0.1) is 0 Å². The first-order valence-corrected chi connectivity index (χ1v) is 5.95.